The zero-order valence-corrected chi connectivity index (χ0v) is 13.7. The van der Waals surface area contributed by atoms with Crippen molar-refractivity contribution in [2.75, 3.05) is 19.8 Å². The van der Waals surface area contributed by atoms with E-state index < -0.39 is 0 Å². The molecule has 1 saturated heterocycles. The molecular formula is C19H30O2. The number of benzene rings is 1. The van der Waals surface area contributed by atoms with Crippen LogP contribution >= 0.6 is 0 Å². The minimum absolute atomic E-state index is 0.385. The molecule has 0 spiro atoms. The predicted molar refractivity (Wildman–Crippen MR) is 87.4 cm³/mol. The molecule has 3 aliphatic rings. The number of hydrogen-bond acceptors (Lipinski definition) is 2. The van der Waals surface area contributed by atoms with E-state index in [4.69, 9.17) is 9.47 Å². The monoisotopic (exact) mass is 290 g/mol. The minimum Gasteiger partial charge on any atom is -0.376 e. The van der Waals surface area contributed by atoms with Crippen molar-refractivity contribution < 1.29 is 9.47 Å². The molecule has 1 unspecified atom stereocenters. The molecule has 0 aromatic heterocycles. The van der Waals surface area contributed by atoms with Gasteiger partial charge in [0.1, 0.15) is 0 Å². The van der Waals surface area contributed by atoms with Gasteiger partial charge < -0.3 is 9.47 Å². The molecular weight excluding hydrogens is 260 g/mol. The van der Waals surface area contributed by atoms with Gasteiger partial charge in [-0.25, -0.2) is 0 Å². The third kappa shape index (κ3) is 5.12. The molecule has 0 saturated carbocycles. The van der Waals surface area contributed by atoms with Crippen LogP contribution in [-0.2, 0) is 15.9 Å². The normalized spacial score (nSPS) is 18.9. The van der Waals surface area contributed by atoms with E-state index in [1.54, 1.807) is 5.56 Å². The van der Waals surface area contributed by atoms with Crippen molar-refractivity contribution in [1.82, 2.24) is 0 Å². The number of rotatable bonds is 7. The van der Waals surface area contributed by atoms with Crippen LogP contribution in [0.5, 0.6) is 0 Å². The summed E-state index contributed by atoms with van der Waals surface area (Å²) in [5, 5.41) is 3.00. The van der Waals surface area contributed by atoms with Crippen LogP contribution in [0, 0.1) is 10.4 Å². The number of unbranched alkanes of at least 4 members (excludes halogenated alkanes) is 3. The Morgan fingerprint density at radius 2 is 1.95 bits per heavy atom. The summed E-state index contributed by atoms with van der Waals surface area (Å²) in [5.41, 5.74) is 1.56. The number of ether oxygens (including phenoxy) is 2. The van der Waals surface area contributed by atoms with Crippen molar-refractivity contribution in [3.8, 4) is 0 Å². The van der Waals surface area contributed by atoms with Gasteiger partial charge in [0.15, 0.2) is 0 Å². The maximum Gasteiger partial charge on any atom is 0.0809 e. The van der Waals surface area contributed by atoms with Crippen molar-refractivity contribution in [3.05, 3.63) is 34.2 Å². The van der Waals surface area contributed by atoms with Crippen LogP contribution in [0.4, 0.5) is 0 Å². The molecule has 3 rings (SSSR count). The van der Waals surface area contributed by atoms with E-state index in [2.05, 4.69) is 32.0 Å². The van der Waals surface area contributed by atoms with E-state index in [0.29, 0.717) is 6.10 Å². The Bertz CT molecular complexity index is 489. The third-order valence-electron chi connectivity index (χ3n) is 4.20. The summed E-state index contributed by atoms with van der Waals surface area (Å²) in [7, 11) is 0. The topological polar surface area (TPSA) is 18.5 Å². The Morgan fingerprint density at radius 3 is 2.48 bits per heavy atom. The zero-order valence-electron chi connectivity index (χ0n) is 13.7. The summed E-state index contributed by atoms with van der Waals surface area (Å²) in [6, 6.07) is 6.67. The van der Waals surface area contributed by atoms with Crippen LogP contribution in [0.25, 0.3) is 0 Å². The van der Waals surface area contributed by atoms with Crippen molar-refractivity contribution in [1.29, 1.82) is 0 Å². The molecule has 0 radical (unpaired) electrons. The summed E-state index contributed by atoms with van der Waals surface area (Å²) in [5.74, 6) is 0. The second kappa shape index (κ2) is 9.22. The lowest BCUT2D eigenvalue weighted by molar-refractivity contribution is -0.0912. The summed E-state index contributed by atoms with van der Waals surface area (Å²) >= 11 is 0. The molecule has 1 heterocycles. The van der Waals surface area contributed by atoms with Gasteiger partial charge in [-0.15, -0.1) is 0 Å². The van der Waals surface area contributed by atoms with Gasteiger partial charge in [-0.05, 0) is 28.8 Å². The van der Waals surface area contributed by atoms with Gasteiger partial charge in [-0.3, -0.25) is 0 Å². The predicted octanol–water partition coefficient (Wildman–Crippen LogP) is 4.61. The summed E-state index contributed by atoms with van der Waals surface area (Å²) in [6.45, 7) is 6.85. The van der Waals surface area contributed by atoms with E-state index in [1.807, 2.05) is 0 Å². The van der Waals surface area contributed by atoms with Gasteiger partial charge in [0.05, 0.1) is 25.9 Å². The van der Waals surface area contributed by atoms with Crippen molar-refractivity contribution in [2.45, 2.75) is 64.9 Å². The molecule has 2 nitrogen and oxygen atoms in total. The second-order valence-corrected chi connectivity index (χ2v) is 6.04. The average molecular weight is 290 g/mol. The molecule has 1 aliphatic heterocycles. The fourth-order valence-corrected chi connectivity index (χ4v) is 2.85. The first-order valence-electron chi connectivity index (χ1n) is 8.67. The third-order valence-corrected chi connectivity index (χ3v) is 4.20. The summed E-state index contributed by atoms with van der Waals surface area (Å²) in [6.07, 6.45) is 9.41. The van der Waals surface area contributed by atoms with Crippen molar-refractivity contribution in [2.24, 2.45) is 0 Å². The minimum atomic E-state index is 0.385. The fourth-order valence-electron chi connectivity index (χ4n) is 2.85. The van der Waals surface area contributed by atoms with Crippen LogP contribution < -0.4 is 0 Å². The lowest BCUT2D eigenvalue weighted by Crippen LogP contribution is -2.28. The summed E-state index contributed by atoms with van der Waals surface area (Å²) in [4.78, 5) is 0. The smallest absolute Gasteiger partial charge is 0.0809 e. The molecule has 2 aliphatic carbocycles. The SMILES string of the molecule is CCCCCCC1COCCO1.CCCc1cc2ccc1=2. The highest BCUT2D eigenvalue weighted by molar-refractivity contribution is 5.33. The van der Waals surface area contributed by atoms with Gasteiger partial charge >= 0.3 is 0 Å². The molecule has 0 aromatic rings. The Kier molecular flexibility index (Phi) is 7.25. The highest BCUT2D eigenvalue weighted by Gasteiger charge is 2.12. The first-order chi connectivity index (χ1) is 10.3. The van der Waals surface area contributed by atoms with Crippen LogP contribution in [0.1, 0.15) is 57.9 Å². The van der Waals surface area contributed by atoms with Gasteiger partial charge in [0, 0.05) is 0 Å². The maximum absolute atomic E-state index is 5.53. The van der Waals surface area contributed by atoms with Gasteiger partial charge in [0.25, 0.3) is 0 Å². The van der Waals surface area contributed by atoms with E-state index >= 15 is 0 Å². The molecule has 2 heteroatoms. The van der Waals surface area contributed by atoms with E-state index in [-0.39, 0.29) is 0 Å². The highest BCUT2D eigenvalue weighted by Crippen LogP contribution is 2.16. The van der Waals surface area contributed by atoms with E-state index in [9.17, 15) is 0 Å². The van der Waals surface area contributed by atoms with Crippen LogP contribution in [0.2, 0.25) is 0 Å². The maximum atomic E-state index is 5.53. The van der Waals surface area contributed by atoms with E-state index in [1.165, 1.54) is 55.4 Å². The largest absolute Gasteiger partial charge is 0.376 e. The molecule has 1 fully saturated rings. The Hall–Kier alpha value is -0.860. The average Bonchev–Trinajstić information content (AvgIpc) is 2.50. The Balaban J connectivity index is 0.000000159. The first kappa shape index (κ1) is 16.5. The lowest BCUT2D eigenvalue weighted by atomic mass is 9.96. The zero-order chi connectivity index (χ0) is 14.9. The molecule has 0 amide bonds. The molecule has 1 atom stereocenters. The number of aryl methyl sites for hydroxylation is 1. The molecule has 21 heavy (non-hydrogen) atoms. The molecule has 0 aromatic carbocycles. The van der Waals surface area contributed by atoms with Gasteiger partial charge in [-0.1, -0.05) is 64.2 Å². The van der Waals surface area contributed by atoms with Crippen molar-refractivity contribution in [3.63, 3.8) is 0 Å². The second-order valence-electron chi connectivity index (χ2n) is 6.04. The van der Waals surface area contributed by atoms with Gasteiger partial charge in [-0.2, -0.15) is 0 Å². The quantitative estimate of drug-likeness (QED) is 0.693. The Morgan fingerprint density at radius 1 is 1.05 bits per heavy atom. The molecule has 0 N–H and O–H groups in total. The Labute approximate surface area is 129 Å². The van der Waals surface area contributed by atoms with Gasteiger partial charge in [0.2, 0.25) is 0 Å². The highest BCUT2D eigenvalue weighted by atomic mass is 16.6. The summed E-state index contributed by atoms with van der Waals surface area (Å²) < 4.78 is 10.8. The molecule has 0 bridgehead atoms. The van der Waals surface area contributed by atoms with Crippen LogP contribution in [0.15, 0.2) is 18.2 Å². The molecule has 118 valence electrons. The fraction of sp³-hybridized carbons (Fsp3) is 0.684. The van der Waals surface area contributed by atoms with E-state index in [0.717, 1.165) is 19.8 Å². The lowest BCUT2D eigenvalue weighted by Gasteiger charge is -2.22. The standard InChI is InChI=1S/C10H20O2.C9H10/c1-2-3-4-5-6-10-9-11-7-8-12-10;1-2-3-7-6-8-4-5-9(7)8/h10H,2-9H2,1H3;4-6H,2-3H2,1H3. The van der Waals surface area contributed by atoms with Crippen molar-refractivity contribution >= 4 is 0 Å². The van der Waals surface area contributed by atoms with Crippen LogP contribution in [-0.4, -0.2) is 25.9 Å². The number of hydrogen-bond donors (Lipinski definition) is 0. The van der Waals surface area contributed by atoms with Crippen LogP contribution in [0.3, 0.4) is 0 Å². The first-order valence-corrected chi connectivity index (χ1v) is 8.67.